The normalized spacial score (nSPS) is 10.0. The standard InChI is InChI=1S/C7H6O2.C5H8O2/c8-7(9)6-4-2-1-3-5-6;1-4(6)3-5(2)7/h1-5H,(H,8,9);3,6H,1-2H3. The number of benzene rings is 1. The number of carboxylic acids is 1. The predicted molar refractivity (Wildman–Crippen MR) is 60.5 cm³/mol. The number of hydrogen-bond donors (Lipinski definition) is 2. The number of aromatic carboxylic acids is 1. The van der Waals surface area contributed by atoms with E-state index in [1.54, 1.807) is 30.3 Å². The summed E-state index contributed by atoms with van der Waals surface area (Å²) in [4.78, 5) is 20.2. The number of ketones is 1. The molecular weight excluding hydrogens is 208 g/mol. The largest absolute Gasteiger partial charge is 0.512 e. The highest BCUT2D eigenvalue weighted by Crippen LogP contribution is 1.96. The van der Waals surface area contributed by atoms with E-state index in [0.29, 0.717) is 5.56 Å². The Morgan fingerprint density at radius 3 is 1.75 bits per heavy atom. The van der Waals surface area contributed by atoms with Gasteiger partial charge in [-0.3, -0.25) is 4.79 Å². The fourth-order valence-corrected chi connectivity index (χ4v) is 0.875. The van der Waals surface area contributed by atoms with Gasteiger partial charge in [-0.2, -0.15) is 0 Å². The van der Waals surface area contributed by atoms with Crippen molar-refractivity contribution in [1.29, 1.82) is 0 Å². The summed E-state index contributed by atoms with van der Waals surface area (Å²) in [6, 6.07) is 8.30. The van der Waals surface area contributed by atoms with Gasteiger partial charge in [0.05, 0.1) is 11.3 Å². The van der Waals surface area contributed by atoms with Crippen LogP contribution in [0, 0.1) is 0 Å². The molecule has 0 bridgehead atoms. The molecule has 0 amide bonds. The quantitative estimate of drug-likeness (QED) is 0.595. The molecule has 4 heteroatoms. The summed E-state index contributed by atoms with van der Waals surface area (Å²) >= 11 is 0. The SMILES string of the molecule is CC(=O)C=C(C)O.O=C(O)c1ccccc1. The van der Waals surface area contributed by atoms with Gasteiger partial charge in [0.25, 0.3) is 0 Å². The molecule has 0 saturated heterocycles. The third kappa shape index (κ3) is 7.32. The van der Waals surface area contributed by atoms with Crippen LogP contribution in [0.3, 0.4) is 0 Å². The maximum Gasteiger partial charge on any atom is 0.335 e. The minimum atomic E-state index is -0.879. The number of rotatable bonds is 2. The van der Waals surface area contributed by atoms with Crippen molar-refractivity contribution < 1.29 is 19.8 Å². The highest BCUT2D eigenvalue weighted by atomic mass is 16.4. The highest BCUT2D eigenvalue weighted by molar-refractivity contribution is 5.87. The van der Waals surface area contributed by atoms with Crippen LogP contribution in [-0.4, -0.2) is 22.0 Å². The average Bonchev–Trinajstić information content (AvgIpc) is 2.17. The first-order chi connectivity index (χ1) is 7.43. The molecule has 2 N–H and O–H groups in total. The van der Waals surface area contributed by atoms with E-state index in [-0.39, 0.29) is 11.5 Å². The maximum absolute atomic E-state index is 10.2. The average molecular weight is 222 g/mol. The van der Waals surface area contributed by atoms with Gasteiger partial charge >= 0.3 is 5.97 Å². The third-order valence-corrected chi connectivity index (χ3v) is 1.43. The molecule has 0 unspecified atom stereocenters. The zero-order valence-corrected chi connectivity index (χ0v) is 9.18. The minimum absolute atomic E-state index is 0.0625. The Morgan fingerprint density at radius 1 is 1.06 bits per heavy atom. The van der Waals surface area contributed by atoms with Gasteiger partial charge in [0, 0.05) is 6.08 Å². The van der Waals surface area contributed by atoms with E-state index in [1.165, 1.54) is 19.9 Å². The lowest BCUT2D eigenvalue weighted by atomic mass is 10.2. The Kier molecular flexibility index (Phi) is 6.28. The fourth-order valence-electron chi connectivity index (χ4n) is 0.875. The molecule has 16 heavy (non-hydrogen) atoms. The zero-order chi connectivity index (χ0) is 12.6. The molecule has 0 radical (unpaired) electrons. The Morgan fingerprint density at radius 2 is 1.56 bits per heavy atom. The van der Waals surface area contributed by atoms with Crippen molar-refractivity contribution in [2.75, 3.05) is 0 Å². The molecule has 0 spiro atoms. The van der Waals surface area contributed by atoms with Crippen LogP contribution >= 0.6 is 0 Å². The summed E-state index contributed by atoms with van der Waals surface area (Å²) in [6.07, 6.45) is 1.17. The first-order valence-electron chi connectivity index (χ1n) is 4.59. The molecular formula is C12H14O4. The molecule has 0 heterocycles. The number of aliphatic hydroxyl groups is 1. The van der Waals surface area contributed by atoms with Gasteiger partial charge in [0.1, 0.15) is 0 Å². The Bertz CT molecular complexity index is 375. The molecule has 1 aromatic rings. The van der Waals surface area contributed by atoms with E-state index in [1.807, 2.05) is 0 Å². The van der Waals surface area contributed by atoms with Crippen molar-refractivity contribution in [3.63, 3.8) is 0 Å². The number of hydrogen-bond acceptors (Lipinski definition) is 3. The lowest BCUT2D eigenvalue weighted by Crippen LogP contribution is -1.93. The smallest absolute Gasteiger partial charge is 0.335 e. The molecule has 0 saturated carbocycles. The van der Waals surface area contributed by atoms with Crippen LogP contribution in [0.5, 0.6) is 0 Å². The van der Waals surface area contributed by atoms with Gasteiger partial charge in [0.15, 0.2) is 5.78 Å². The van der Waals surface area contributed by atoms with E-state index < -0.39 is 5.97 Å². The van der Waals surface area contributed by atoms with Crippen LogP contribution in [-0.2, 0) is 4.79 Å². The molecule has 0 atom stereocenters. The second-order valence-corrected chi connectivity index (χ2v) is 3.07. The second-order valence-electron chi connectivity index (χ2n) is 3.07. The van der Waals surface area contributed by atoms with Crippen LogP contribution in [0.1, 0.15) is 24.2 Å². The van der Waals surface area contributed by atoms with E-state index >= 15 is 0 Å². The summed E-state index contributed by atoms with van der Waals surface area (Å²) in [5.41, 5.74) is 0.331. The van der Waals surface area contributed by atoms with E-state index in [0.717, 1.165) is 0 Å². The Balaban J connectivity index is 0.000000293. The van der Waals surface area contributed by atoms with Crippen LogP contribution in [0.25, 0.3) is 0 Å². The molecule has 0 aliphatic heterocycles. The van der Waals surface area contributed by atoms with Crippen molar-refractivity contribution in [2.24, 2.45) is 0 Å². The van der Waals surface area contributed by atoms with Gasteiger partial charge in [-0.15, -0.1) is 0 Å². The topological polar surface area (TPSA) is 74.6 Å². The highest BCUT2D eigenvalue weighted by Gasteiger charge is 1.96. The third-order valence-electron chi connectivity index (χ3n) is 1.43. The number of carbonyl (C=O) groups excluding carboxylic acids is 1. The Hall–Kier alpha value is -2.10. The predicted octanol–water partition coefficient (Wildman–Crippen LogP) is 2.42. The maximum atomic E-state index is 10.2. The van der Waals surface area contributed by atoms with E-state index in [4.69, 9.17) is 10.2 Å². The molecule has 0 fully saturated rings. The van der Waals surface area contributed by atoms with Crippen molar-refractivity contribution in [3.8, 4) is 0 Å². The fraction of sp³-hybridized carbons (Fsp3) is 0.167. The molecule has 0 aliphatic rings. The summed E-state index contributed by atoms with van der Waals surface area (Å²) in [7, 11) is 0. The first kappa shape index (κ1) is 13.9. The molecule has 4 nitrogen and oxygen atoms in total. The number of carboxylic acid groups (broad SMARTS) is 1. The number of aliphatic hydroxyl groups excluding tert-OH is 1. The van der Waals surface area contributed by atoms with Crippen molar-refractivity contribution in [2.45, 2.75) is 13.8 Å². The van der Waals surface area contributed by atoms with Crippen LogP contribution < -0.4 is 0 Å². The zero-order valence-electron chi connectivity index (χ0n) is 9.18. The lowest BCUT2D eigenvalue weighted by molar-refractivity contribution is -0.112. The monoisotopic (exact) mass is 222 g/mol. The van der Waals surface area contributed by atoms with Crippen LogP contribution in [0.15, 0.2) is 42.2 Å². The Labute approximate surface area is 93.8 Å². The molecule has 0 aliphatic carbocycles. The number of allylic oxidation sites excluding steroid dienone is 2. The summed E-state index contributed by atoms with van der Waals surface area (Å²) in [5.74, 6) is -0.942. The van der Waals surface area contributed by atoms with Crippen molar-refractivity contribution in [3.05, 3.63) is 47.7 Å². The van der Waals surface area contributed by atoms with Gasteiger partial charge in [-0.1, -0.05) is 18.2 Å². The van der Waals surface area contributed by atoms with E-state index in [9.17, 15) is 9.59 Å². The second kappa shape index (κ2) is 7.23. The van der Waals surface area contributed by atoms with Gasteiger partial charge in [-0.05, 0) is 26.0 Å². The summed E-state index contributed by atoms with van der Waals surface area (Å²) in [6.45, 7) is 2.85. The van der Waals surface area contributed by atoms with Crippen LogP contribution in [0.4, 0.5) is 0 Å². The van der Waals surface area contributed by atoms with E-state index in [2.05, 4.69) is 0 Å². The molecule has 86 valence electrons. The van der Waals surface area contributed by atoms with Gasteiger partial charge < -0.3 is 10.2 Å². The van der Waals surface area contributed by atoms with Crippen molar-refractivity contribution in [1.82, 2.24) is 0 Å². The van der Waals surface area contributed by atoms with Gasteiger partial charge in [-0.25, -0.2) is 4.79 Å². The number of carbonyl (C=O) groups is 2. The van der Waals surface area contributed by atoms with Gasteiger partial charge in [0.2, 0.25) is 0 Å². The molecule has 1 aromatic carbocycles. The first-order valence-corrected chi connectivity index (χ1v) is 4.59. The lowest BCUT2D eigenvalue weighted by Gasteiger charge is -1.88. The minimum Gasteiger partial charge on any atom is -0.512 e. The molecule has 0 aromatic heterocycles. The van der Waals surface area contributed by atoms with Crippen molar-refractivity contribution >= 4 is 11.8 Å². The summed E-state index contributed by atoms with van der Waals surface area (Å²) < 4.78 is 0. The molecule has 1 rings (SSSR count). The van der Waals surface area contributed by atoms with Crippen LogP contribution in [0.2, 0.25) is 0 Å². The summed E-state index contributed by atoms with van der Waals surface area (Å²) in [5, 5.41) is 16.7.